The molecule has 1 aliphatic rings. The molecule has 0 aromatic heterocycles. The highest BCUT2D eigenvalue weighted by atomic mass is 27.2. The molecule has 1 unspecified atom stereocenters. The molecule has 0 aromatic carbocycles. The molecule has 1 rings (SSSR count). The third-order valence-corrected chi connectivity index (χ3v) is 2.50. The van der Waals surface area contributed by atoms with Gasteiger partial charge in [0.05, 0.1) is 0 Å². The fourth-order valence-electron chi connectivity index (χ4n) is 0.677. The van der Waals surface area contributed by atoms with Crippen LogP contribution in [0, 0.1) is 0 Å². The second-order valence-electron chi connectivity index (χ2n) is 1.85. The first-order valence-electron chi connectivity index (χ1n) is 2.56. The smallest absolute Gasteiger partial charge is 0.476 e. The fourth-order valence-corrected chi connectivity index (χ4v) is 2.03. The van der Waals surface area contributed by atoms with Crippen molar-refractivity contribution < 1.29 is 7.58 Å². The van der Waals surface area contributed by atoms with E-state index in [1.54, 1.807) is 0 Å². The van der Waals surface area contributed by atoms with Crippen LogP contribution in [0.3, 0.4) is 0 Å². The number of rotatable bonds is 0. The Labute approximate surface area is 48.5 Å². The average molecular weight is 116 g/mol. The molecule has 1 saturated heterocycles. The zero-order valence-corrected chi connectivity index (χ0v) is 5.83. The summed E-state index contributed by atoms with van der Waals surface area (Å²) >= 11 is -1.11. The van der Waals surface area contributed by atoms with E-state index in [9.17, 15) is 0 Å². The molecule has 0 spiro atoms. The van der Waals surface area contributed by atoms with Crippen LogP contribution in [0.4, 0.5) is 0 Å². The Hall–Kier alpha value is 0.452. The van der Waals surface area contributed by atoms with Crippen molar-refractivity contribution in [2.75, 3.05) is 6.61 Å². The molecule has 0 radical (unpaired) electrons. The molecule has 0 saturated carbocycles. The van der Waals surface area contributed by atoms with Gasteiger partial charge in [-0.3, -0.25) is 0 Å². The quantitative estimate of drug-likeness (QED) is 0.430. The van der Waals surface area contributed by atoms with Crippen molar-refractivity contribution in [2.45, 2.75) is 18.8 Å². The zero-order valence-electron chi connectivity index (χ0n) is 4.68. The average Bonchev–Trinajstić information content (AvgIpc) is 1.87. The van der Waals surface area contributed by atoms with Gasteiger partial charge in [-0.2, -0.15) is 0 Å². The van der Waals surface area contributed by atoms with Crippen molar-refractivity contribution in [3.63, 3.8) is 0 Å². The van der Waals surface area contributed by atoms with Gasteiger partial charge in [0.1, 0.15) is 0 Å². The SMILES string of the molecule is CC1C[O][Al]([CH3])[O]1. The minimum absolute atomic E-state index is 0.363. The molecule has 1 atom stereocenters. The lowest BCUT2D eigenvalue weighted by molar-refractivity contribution is 0.257. The molecule has 0 aromatic rings. The number of hydrogen-bond acceptors (Lipinski definition) is 2. The maximum absolute atomic E-state index is 5.28. The van der Waals surface area contributed by atoms with Crippen molar-refractivity contribution in [1.29, 1.82) is 0 Å². The predicted octanol–water partition coefficient (Wildman–Crippen LogP) is 0.540. The Bertz CT molecular complexity index is 58.7. The van der Waals surface area contributed by atoms with E-state index in [1.807, 2.05) is 12.7 Å². The molecular weight excluding hydrogens is 107 g/mol. The Morgan fingerprint density at radius 1 is 1.71 bits per heavy atom. The Morgan fingerprint density at radius 2 is 2.43 bits per heavy atom. The molecule has 2 nitrogen and oxygen atoms in total. The molecule has 1 heterocycles. The van der Waals surface area contributed by atoms with Gasteiger partial charge in [0, 0.05) is 12.7 Å². The van der Waals surface area contributed by atoms with Crippen LogP contribution in [-0.4, -0.2) is 27.5 Å². The van der Waals surface area contributed by atoms with E-state index in [-0.39, 0.29) is 0 Å². The van der Waals surface area contributed by atoms with Gasteiger partial charge in [0.2, 0.25) is 0 Å². The summed E-state index contributed by atoms with van der Waals surface area (Å²) in [6.07, 6.45) is 0.363. The Morgan fingerprint density at radius 3 is 2.57 bits per heavy atom. The summed E-state index contributed by atoms with van der Waals surface area (Å²) < 4.78 is 10.5. The molecule has 40 valence electrons. The molecular formula is C4H9AlO2. The van der Waals surface area contributed by atoms with E-state index in [0.29, 0.717) is 6.10 Å². The first kappa shape index (κ1) is 5.59. The van der Waals surface area contributed by atoms with Gasteiger partial charge in [-0.1, -0.05) is 5.79 Å². The second kappa shape index (κ2) is 2.15. The largest absolute Gasteiger partial charge is 0.671 e. The van der Waals surface area contributed by atoms with Crippen LogP contribution in [0.2, 0.25) is 5.79 Å². The molecule has 0 amide bonds. The van der Waals surface area contributed by atoms with Crippen molar-refractivity contribution in [3.8, 4) is 0 Å². The molecule has 1 aliphatic heterocycles. The minimum Gasteiger partial charge on any atom is -0.476 e. The maximum atomic E-state index is 5.28. The third kappa shape index (κ3) is 1.43. The van der Waals surface area contributed by atoms with Gasteiger partial charge in [-0.05, 0) is 6.92 Å². The lowest BCUT2D eigenvalue weighted by Gasteiger charge is -1.96. The molecule has 1 fully saturated rings. The van der Waals surface area contributed by atoms with Crippen LogP contribution in [-0.2, 0) is 7.58 Å². The summed E-state index contributed by atoms with van der Waals surface area (Å²) in [5.41, 5.74) is 0. The van der Waals surface area contributed by atoms with Crippen LogP contribution in [0.25, 0.3) is 0 Å². The monoisotopic (exact) mass is 116 g/mol. The Kier molecular flexibility index (Phi) is 1.71. The van der Waals surface area contributed by atoms with Crippen LogP contribution in [0.5, 0.6) is 0 Å². The highest BCUT2D eigenvalue weighted by molar-refractivity contribution is 6.43. The number of hydrogen-bond donors (Lipinski definition) is 0. The summed E-state index contributed by atoms with van der Waals surface area (Å²) in [5.74, 6) is 2.05. The van der Waals surface area contributed by atoms with E-state index in [0.717, 1.165) is 6.61 Å². The first-order valence-corrected chi connectivity index (χ1v) is 4.66. The van der Waals surface area contributed by atoms with Gasteiger partial charge in [-0.15, -0.1) is 0 Å². The lowest BCUT2D eigenvalue weighted by atomic mass is 10.5. The zero-order chi connectivity index (χ0) is 5.28. The van der Waals surface area contributed by atoms with Gasteiger partial charge < -0.3 is 7.58 Å². The predicted molar refractivity (Wildman–Crippen MR) is 28.1 cm³/mol. The van der Waals surface area contributed by atoms with Crippen LogP contribution in [0.15, 0.2) is 0 Å². The Balaban J connectivity index is 2.26. The molecule has 0 aliphatic carbocycles. The van der Waals surface area contributed by atoms with E-state index in [4.69, 9.17) is 7.58 Å². The summed E-state index contributed by atoms with van der Waals surface area (Å²) in [6.45, 7) is 2.85. The highest BCUT2D eigenvalue weighted by Crippen LogP contribution is 2.05. The van der Waals surface area contributed by atoms with Crippen LogP contribution in [0.1, 0.15) is 6.92 Å². The van der Waals surface area contributed by atoms with Crippen molar-refractivity contribution in [1.82, 2.24) is 0 Å². The molecule has 0 bridgehead atoms. The summed E-state index contributed by atoms with van der Waals surface area (Å²) in [5, 5.41) is 0. The summed E-state index contributed by atoms with van der Waals surface area (Å²) in [4.78, 5) is 0. The summed E-state index contributed by atoms with van der Waals surface area (Å²) in [7, 11) is 0. The minimum atomic E-state index is -1.11. The molecule has 0 N–H and O–H groups in total. The van der Waals surface area contributed by atoms with E-state index in [1.165, 1.54) is 0 Å². The van der Waals surface area contributed by atoms with Crippen molar-refractivity contribution in [3.05, 3.63) is 0 Å². The second-order valence-corrected chi connectivity index (χ2v) is 3.59. The van der Waals surface area contributed by atoms with E-state index < -0.39 is 14.8 Å². The normalized spacial score (nSPS) is 31.7. The lowest BCUT2D eigenvalue weighted by Crippen LogP contribution is -2.08. The highest BCUT2D eigenvalue weighted by Gasteiger charge is 2.27. The van der Waals surface area contributed by atoms with Crippen molar-refractivity contribution >= 4 is 14.8 Å². The topological polar surface area (TPSA) is 18.5 Å². The van der Waals surface area contributed by atoms with Crippen LogP contribution < -0.4 is 0 Å². The van der Waals surface area contributed by atoms with E-state index in [2.05, 4.69) is 0 Å². The van der Waals surface area contributed by atoms with Gasteiger partial charge in [-0.25, -0.2) is 0 Å². The van der Waals surface area contributed by atoms with Crippen LogP contribution >= 0.6 is 0 Å². The van der Waals surface area contributed by atoms with Gasteiger partial charge in [0.15, 0.2) is 0 Å². The standard InChI is InChI=1S/C3H6O2.CH3.Al/c1-3(5)2-4;;/h3H,2H2,1H3;1H3;/q-2;;+2. The van der Waals surface area contributed by atoms with Gasteiger partial charge >= 0.3 is 14.8 Å². The first-order chi connectivity index (χ1) is 3.29. The summed E-state index contributed by atoms with van der Waals surface area (Å²) in [6, 6.07) is 0. The van der Waals surface area contributed by atoms with Crippen molar-refractivity contribution in [2.24, 2.45) is 0 Å². The van der Waals surface area contributed by atoms with E-state index >= 15 is 0 Å². The third-order valence-electron chi connectivity index (χ3n) is 0.990. The molecule has 3 heteroatoms. The fraction of sp³-hybridized carbons (Fsp3) is 1.00. The van der Waals surface area contributed by atoms with Gasteiger partial charge in [0.25, 0.3) is 0 Å². The molecule has 7 heavy (non-hydrogen) atoms. The maximum Gasteiger partial charge on any atom is 0.671 e.